The van der Waals surface area contributed by atoms with Crippen molar-refractivity contribution in [3.05, 3.63) is 99.1 Å². The third kappa shape index (κ3) is 5.40. The quantitative estimate of drug-likeness (QED) is 0.262. The molecule has 3 aromatic rings. The predicted molar refractivity (Wildman–Crippen MR) is 112 cm³/mol. The van der Waals surface area contributed by atoms with Crippen LogP contribution in [0.15, 0.2) is 59.5 Å². The molecule has 0 aromatic heterocycles. The number of hydrogen-bond acceptors (Lipinski definition) is 2. The van der Waals surface area contributed by atoms with Crippen LogP contribution in [-0.2, 0) is 0 Å². The van der Waals surface area contributed by atoms with Gasteiger partial charge in [-0.1, -0.05) is 35.3 Å². The first-order valence-electron chi connectivity index (χ1n) is 8.41. The number of rotatable bonds is 1. The summed E-state index contributed by atoms with van der Waals surface area (Å²) in [6.07, 6.45) is 0. The maximum Gasteiger partial charge on any atom is 0.142 e. The molecular formula is C24H12ClF2NS. The summed E-state index contributed by atoms with van der Waals surface area (Å²) in [6.45, 7) is 1.61. The van der Waals surface area contributed by atoms with Gasteiger partial charge in [-0.25, -0.2) is 8.78 Å². The fourth-order valence-corrected chi connectivity index (χ4v) is 3.05. The van der Waals surface area contributed by atoms with Crippen molar-refractivity contribution >= 4 is 23.4 Å². The Labute approximate surface area is 177 Å². The molecule has 3 aromatic carbocycles. The molecule has 0 aliphatic rings. The standard InChI is InChI=1S/C24H12ClF2NS/c1-16-12-23(26)21(24(27)13-16)11-6-18-3-8-19(22(25)14-18)7-2-17-4-9-20(10-5-17)29-15-28/h3-5,8-10,12-14H,1H3. The molecule has 0 amide bonds. The van der Waals surface area contributed by atoms with Gasteiger partial charge in [-0.05, 0) is 78.8 Å². The van der Waals surface area contributed by atoms with Crippen molar-refractivity contribution < 1.29 is 8.78 Å². The van der Waals surface area contributed by atoms with E-state index in [1.54, 1.807) is 25.1 Å². The molecule has 0 saturated carbocycles. The molecule has 0 unspecified atom stereocenters. The fraction of sp³-hybridized carbons (Fsp3) is 0.0417. The number of nitriles is 1. The van der Waals surface area contributed by atoms with Gasteiger partial charge in [0.05, 0.1) is 10.6 Å². The van der Waals surface area contributed by atoms with Crippen LogP contribution in [0.3, 0.4) is 0 Å². The van der Waals surface area contributed by atoms with E-state index >= 15 is 0 Å². The smallest absolute Gasteiger partial charge is 0.142 e. The second kappa shape index (κ2) is 9.31. The highest BCUT2D eigenvalue weighted by atomic mass is 35.5. The largest absolute Gasteiger partial charge is 0.206 e. The lowest BCUT2D eigenvalue weighted by Crippen LogP contribution is -1.91. The van der Waals surface area contributed by atoms with E-state index in [1.807, 2.05) is 29.7 Å². The van der Waals surface area contributed by atoms with Crippen molar-refractivity contribution in [2.45, 2.75) is 11.8 Å². The van der Waals surface area contributed by atoms with Crippen LogP contribution in [0.25, 0.3) is 0 Å². The van der Waals surface area contributed by atoms with Gasteiger partial charge in [0.15, 0.2) is 0 Å². The molecule has 140 valence electrons. The molecular weight excluding hydrogens is 408 g/mol. The lowest BCUT2D eigenvalue weighted by atomic mass is 10.1. The van der Waals surface area contributed by atoms with E-state index in [0.717, 1.165) is 22.2 Å². The summed E-state index contributed by atoms with van der Waals surface area (Å²) in [5.41, 5.74) is 2.15. The topological polar surface area (TPSA) is 23.8 Å². The molecule has 0 aliphatic carbocycles. The van der Waals surface area contributed by atoms with Crippen molar-refractivity contribution in [1.29, 1.82) is 5.26 Å². The number of hydrogen-bond donors (Lipinski definition) is 0. The molecule has 1 nitrogen and oxygen atoms in total. The number of halogens is 3. The van der Waals surface area contributed by atoms with Crippen LogP contribution in [0.4, 0.5) is 8.78 Å². The van der Waals surface area contributed by atoms with Crippen LogP contribution in [0.1, 0.15) is 27.8 Å². The van der Waals surface area contributed by atoms with E-state index < -0.39 is 11.6 Å². The number of thiocyanates is 1. The van der Waals surface area contributed by atoms with Gasteiger partial charge in [0.1, 0.15) is 17.0 Å². The summed E-state index contributed by atoms with van der Waals surface area (Å²) in [7, 11) is 0. The average Bonchev–Trinajstić information content (AvgIpc) is 2.68. The molecule has 0 heterocycles. The monoisotopic (exact) mass is 419 g/mol. The zero-order valence-electron chi connectivity index (χ0n) is 15.2. The van der Waals surface area contributed by atoms with Gasteiger partial charge in [-0.2, -0.15) is 5.26 Å². The van der Waals surface area contributed by atoms with E-state index in [2.05, 4.69) is 23.7 Å². The zero-order chi connectivity index (χ0) is 20.8. The van der Waals surface area contributed by atoms with Crippen LogP contribution >= 0.6 is 23.4 Å². The van der Waals surface area contributed by atoms with Crippen LogP contribution in [0, 0.1) is 52.9 Å². The van der Waals surface area contributed by atoms with E-state index in [0.29, 0.717) is 21.7 Å². The molecule has 0 aliphatic heterocycles. The Bertz CT molecular complexity index is 1210. The molecule has 0 saturated heterocycles. The highest BCUT2D eigenvalue weighted by Crippen LogP contribution is 2.19. The second-order valence-electron chi connectivity index (χ2n) is 6.02. The minimum Gasteiger partial charge on any atom is -0.206 e. The minimum atomic E-state index is -0.692. The lowest BCUT2D eigenvalue weighted by Gasteiger charge is -2.00. The molecule has 0 radical (unpaired) electrons. The highest BCUT2D eigenvalue weighted by Gasteiger charge is 2.07. The number of nitrogens with zero attached hydrogens (tertiary/aromatic N) is 1. The van der Waals surface area contributed by atoms with E-state index in [1.165, 1.54) is 12.1 Å². The van der Waals surface area contributed by atoms with Crippen molar-refractivity contribution in [3.8, 4) is 29.1 Å². The third-order valence-corrected chi connectivity index (χ3v) is 4.76. The fourth-order valence-electron chi connectivity index (χ4n) is 2.45. The van der Waals surface area contributed by atoms with E-state index in [4.69, 9.17) is 16.9 Å². The summed E-state index contributed by atoms with van der Waals surface area (Å²) >= 11 is 7.35. The first-order valence-corrected chi connectivity index (χ1v) is 9.61. The van der Waals surface area contributed by atoms with Gasteiger partial charge in [-0.15, -0.1) is 0 Å². The van der Waals surface area contributed by atoms with Gasteiger partial charge in [0.25, 0.3) is 0 Å². The third-order valence-electron chi connectivity index (χ3n) is 3.85. The molecule has 0 atom stereocenters. The zero-order valence-corrected chi connectivity index (χ0v) is 16.8. The van der Waals surface area contributed by atoms with Gasteiger partial charge >= 0.3 is 0 Å². The maximum atomic E-state index is 13.9. The predicted octanol–water partition coefficient (Wildman–Crippen LogP) is 6.30. The van der Waals surface area contributed by atoms with Gasteiger partial charge in [0, 0.05) is 21.6 Å². The SMILES string of the molecule is Cc1cc(F)c(C#Cc2ccc(C#Cc3ccc(SC#N)cc3)c(Cl)c2)c(F)c1. The van der Waals surface area contributed by atoms with Gasteiger partial charge < -0.3 is 0 Å². The first-order chi connectivity index (χ1) is 14.0. The summed E-state index contributed by atoms with van der Waals surface area (Å²) in [6, 6.07) is 14.8. The summed E-state index contributed by atoms with van der Waals surface area (Å²) in [5.74, 6) is 9.86. The Morgan fingerprint density at radius 3 is 2.07 bits per heavy atom. The number of aryl methyl sites for hydroxylation is 1. The van der Waals surface area contributed by atoms with Crippen LogP contribution < -0.4 is 0 Å². The summed E-state index contributed by atoms with van der Waals surface area (Å²) in [4.78, 5) is 0.848. The van der Waals surface area contributed by atoms with Crippen LogP contribution in [-0.4, -0.2) is 0 Å². The molecule has 29 heavy (non-hydrogen) atoms. The Morgan fingerprint density at radius 2 is 1.45 bits per heavy atom. The Kier molecular flexibility index (Phi) is 6.58. The number of thioether (sulfide) groups is 1. The molecule has 0 fully saturated rings. The second-order valence-corrected chi connectivity index (χ2v) is 7.28. The molecule has 3 rings (SSSR count). The van der Waals surface area contributed by atoms with Crippen LogP contribution in [0.2, 0.25) is 5.02 Å². The van der Waals surface area contributed by atoms with Crippen molar-refractivity contribution in [2.75, 3.05) is 0 Å². The summed E-state index contributed by atoms with van der Waals surface area (Å²) in [5, 5.41) is 11.1. The van der Waals surface area contributed by atoms with Gasteiger partial charge in [-0.3, -0.25) is 0 Å². The molecule has 0 N–H and O–H groups in total. The molecule has 0 bridgehead atoms. The maximum absolute atomic E-state index is 13.9. The summed E-state index contributed by atoms with van der Waals surface area (Å²) < 4.78 is 27.8. The highest BCUT2D eigenvalue weighted by molar-refractivity contribution is 8.03. The minimum absolute atomic E-state index is 0.270. The Hall–Kier alpha value is -3.23. The average molecular weight is 420 g/mol. The van der Waals surface area contributed by atoms with Crippen molar-refractivity contribution in [2.24, 2.45) is 0 Å². The van der Waals surface area contributed by atoms with E-state index in [-0.39, 0.29) is 5.56 Å². The Morgan fingerprint density at radius 1 is 0.828 bits per heavy atom. The van der Waals surface area contributed by atoms with Crippen molar-refractivity contribution in [1.82, 2.24) is 0 Å². The molecule has 0 spiro atoms. The number of benzene rings is 3. The first kappa shape index (κ1) is 20.5. The normalized spacial score (nSPS) is 9.62. The lowest BCUT2D eigenvalue weighted by molar-refractivity contribution is 0.575. The van der Waals surface area contributed by atoms with Crippen LogP contribution in [0.5, 0.6) is 0 Å². The molecule has 5 heteroatoms. The Balaban J connectivity index is 1.81. The van der Waals surface area contributed by atoms with Gasteiger partial charge in [0.2, 0.25) is 0 Å². The van der Waals surface area contributed by atoms with E-state index in [9.17, 15) is 8.78 Å². The van der Waals surface area contributed by atoms with Crippen molar-refractivity contribution in [3.63, 3.8) is 0 Å².